The van der Waals surface area contributed by atoms with E-state index in [1.165, 1.54) is 13.8 Å². The molecule has 1 N–H and O–H groups in total. The molecule has 0 saturated heterocycles. The van der Waals surface area contributed by atoms with Gasteiger partial charge in [0, 0.05) is 13.1 Å². The van der Waals surface area contributed by atoms with E-state index in [0.29, 0.717) is 16.4 Å². The fraction of sp³-hybridized carbons (Fsp3) is 0.417. The second-order valence-corrected chi connectivity index (χ2v) is 6.27. The zero-order valence-corrected chi connectivity index (χ0v) is 12.1. The molecule has 118 valence electrons. The van der Waals surface area contributed by atoms with E-state index in [1.54, 1.807) is 0 Å². The Hall–Kier alpha value is -1.61. The van der Waals surface area contributed by atoms with Crippen LogP contribution in [0.25, 0.3) is 0 Å². The number of carboxylic acid groups (broad SMARTS) is 1. The summed E-state index contributed by atoms with van der Waals surface area (Å²) >= 11 is 0. The van der Waals surface area contributed by atoms with Crippen molar-refractivity contribution in [2.45, 2.75) is 18.7 Å². The normalized spacial score (nSPS) is 13.4. The van der Waals surface area contributed by atoms with Gasteiger partial charge in [0.2, 0.25) is 10.0 Å². The minimum Gasteiger partial charge on any atom is -0.481 e. The quantitative estimate of drug-likeness (QED) is 0.810. The zero-order valence-electron chi connectivity index (χ0n) is 11.3. The van der Waals surface area contributed by atoms with Crippen LogP contribution in [0.5, 0.6) is 0 Å². The lowest BCUT2D eigenvalue weighted by molar-refractivity contribution is -0.141. The molecule has 0 heterocycles. The van der Waals surface area contributed by atoms with Crippen molar-refractivity contribution in [1.82, 2.24) is 4.31 Å². The van der Waals surface area contributed by atoms with Crippen molar-refractivity contribution in [1.29, 1.82) is 0 Å². The van der Waals surface area contributed by atoms with Crippen LogP contribution in [0.4, 0.5) is 13.2 Å². The molecular weight excluding hydrogens is 311 g/mol. The molecular formula is C12H14F3NO4S. The molecule has 0 aromatic heterocycles. The molecule has 21 heavy (non-hydrogen) atoms. The molecule has 0 bridgehead atoms. The second-order valence-electron chi connectivity index (χ2n) is 4.37. The number of carboxylic acids is 1. The minimum absolute atomic E-state index is 0.140. The first-order valence-corrected chi connectivity index (χ1v) is 7.43. The van der Waals surface area contributed by atoms with Crippen molar-refractivity contribution >= 4 is 16.0 Å². The van der Waals surface area contributed by atoms with Gasteiger partial charge in [0.25, 0.3) is 0 Å². The van der Waals surface area contributed by atoms with Crippen molar-refractivity contribution in [3.63, 3.8) is 0 Å². The summed E-state index contributed by atoms with van der Waals surface area (Å²) in [5, 5.41) is 8.79. The molecule has 5 nitrogen and oxygen atoms in total. The lowest BCUT2D eigenvalue weighted by Gasteiger charge is -2.22. The third-order valence-corrected chi connectivity index (χ3v) is 4.83. The summed E-state index contributed by atoms with van der Waals surface area (Å²) < 4.78 is 64.7. The summed E-state index contributed by atoms with van der Waals surface area (Å²) in [4.78, 5) is 9.75. The van der Waals surface area contributed by atoms with Crippen LogP contribution in [-0.4, -0.2) is 36.9 Å². The van der Waals surface area contributed by atoms with Gasteiger partial charge in [-0.25, -0.2) is 21.6 Å². The molecule has 1 rings (SSSR count). The zero-order chi connectivity index (χ0) is 16.4. The number of halogens is 3. The first kappa shape index (κ1) is 17.4. The lowest BCUT2D eigenvalue weighted by Crippen LogP contribution is -2.37. The molecule has 0 radical (unpaired) electrons. The Labute approximate surface area is 120 Å². The van der Waals surface area contributed by atoms with Gasteiger partial charge < -0.3 is 5.11 Å². The predicted molar refractivity (Wildman–Crippen MR) is 67.5 cm³/mol. The molecule has 1 aromatic carbocycles. The van der Waals surface area contributed by atoms with E-state index in [-0.39, 0.29) is 6.54 Å². The number of nitrogens with zero attached hydrogens (tertiary/aromatic N) is 1. The molecule has 0 saturated carbocycles. The van der Waals surface area contributed by atoms with Gasteiger partial charge in [0.15, 0.2) is 17.5 Å². The summed E-state index contributed by atoms with van der Waals surface area (Å²) in [5.74, 6) is -7.48. The fourth-order valence-electron chi connectivity index (χ4n) is 1.63. The Morgan fingerprint density at radius 1 is 1.29 bits per heavy atom. The maximum absolute atomic E-state index is 13.6. The molecule has 0 spiro atoms. The van der Waals surface area contributed by atoms with E-state index in [1.807, 2.05) is 0 Å². The van der Waals surface area contributed by atoms with Crippen LogP contribution in [0, 0.1) is 23.4 Å². The molecule has 0 amide bonds. The highest BCUT2D eigenvalue weighted by atomic mass is 32.2. The fourth-order valence-corrected chi connectivity index (χ4v) is 3.22. The Balaban J connectivity index is 3.26. The topological polar surface area (TPSA) is 74.7 Å². The first-order chi connectivity index (χ1) is 9.62. The van der Waals surface area contributed by atoms with Gasteiger partial charge in [-0.1, -0.05) is 13.8 Å². The number of aliphatic carboxylic acids is 1. The Morgan fingerprint density at radius 3 is 2.33 bits per heavy atom. The van der Waals surface area contributed by atoms with Gasteiger partial charge in [0.05, 0.1) is 5.92 Å². The lowest BCUT2D eigenvalue weighted by atomic mass is 10.2. The van der Waals surface area contributed by atoms with Crippen LogP contribution in [0.2, 0.25) is 0 Å². The number of carbonyl (C=O) groups is 1. The average molecular weight is 325 g/mol. The van der Waals surface area contributed by atoms with E-state index in [2.05, 4.69) is 0 Å². The minimum atomic E-state index is -4.46. The van der Waals surface area contributed by atoms with Crippen molar-refractivity contribution in [3.05, 3.63) is 29.6 Å². The maximum atomic E-state index is 13.6. The molecule has 9 heteroatoms. The number of hydrogen-bond donors (Lipinski definition) is 1. The van der Waals surface area contributed by atoms with Gasteiger partial charge in [-0.15, -0.1) is 0 Å². The van der Waals surface area contributed by atoms with Crippen molar-refractivity contribution < 1.29 is 31.5 Å². The van der Waals surface area contributed by atoms with Crippen molar-refractivity contribution in [2.75, 3.05) is 13.1 Å². The number of benzene rings is 1. The molecule has 1 aromatic rings. The highest BCUT2D eigenvalue weighted by molar-refractivity contribution is 7.89. The third-order valence-electron chi connectivity index (χ3n) is 2.87. The summed E-state index contributed by atoms with van der Waals surface area (Å²) in [6, 6.07) is 1.11. The molecule has 0 aliphatic heterocycles. The van der Waals surface area contributed by atoms with E-state index < -0.39 is 50.8 Å². The van der Waals surface area contributed by atoms with Crippen LogP contribution in [0.15, 0.2) is 17.0 Å². The van der Waals surface area contributed by atoms with E-state index in [0.717, 1.165) is 0 Å². The first-order valence-electron chi connectivity index (χ1n) is 5.99. The van der Waals surface area contributed by atoms with Gasteiger partial charge >= 0.3 is 5.97 Å². The maximum Gasteiger partial charge on any atom is 0.307 e. The third kappa shape index (κ3) is 3.53. The highest BCUT2D eigenvalue weighted by Gasteiger charge is 2.31. The van der Waals surface area contributed by atoms with E-state index in [4.69, 9.17) is 5.11 Å². The highest BCUT2D eigenvalue weighted by Crippen LogP contribution is 2.23. The summed E-state index contributed by atoms with van der Waals surface area (Å²) in [6.45, 7) is 2.15. The number of rotatable bonds is 6. The van der Waals surface area contributed by atoms with Crippen LogP contribution in [0.1, 0.15) is 13.8 Å². The molecule has 0 aliphatic carbocycles. The van der Waals surface area contributed by atoms with E-state index >= 15 is 0 Å². The van der Waals surface area contributed by atoms with Crippen LogP contribution >= 0.6 is 0 Å². The van der Waals surface area contributed by atoms with E-state index in [9.17, 15) is 26.4 Å². The summed E-state index contributed by atoms with van der Waals surface area (Å²) in [6.07, 6.45) is 0. The van der Waals surface area contributed by atoms with Gasteiger partial charge in [-0.05, 0) is 12.1 Å². The van der Waals surface area contributed by atoms with Crippen molar-refractivity contribution in [3.8, 4) is 0 Å². The Kier molecular flexibility index (Phi) is 5.35. The Morgan fingerprint density at radius 2 is 1.86 bits per heavy atom. The summed E-state index contributed by atoms with van der Waals surface area (Å²) in [5.41, 5.74) is 0. The standard InChI is InChI=1S/C12H14F3NO4S/c1-3-16(6-7(2)12(17)18)21(19,20)9-5-4-8(13)10(14)11(9)15/h4-5,7H,3,6H2,1-2H3,(H,17,18). The number of sulfonamides is 1. The van der Waals surface area contributed by atoms with Gasteiger partial charge in [-0.3, -0.25) is 4.79 Å². The molecule has 0 aliphatic rings. The van der Waals surface area contributed by atoms with Crippen LogP contribution in [0.3, 0.4) is 0 Å². The predicted octanol–water partition coefficient (Wildman–Crippen LogP) is 1.84. The van der Waals surface area contributed by atoms with Crippen LogP contribution in [-0.2, 0) is 14.8 Å². The smallest absolute Gasteiger partial charge is 0.307 e. The van der Waals surface area contributed by atoms with Gasteiger partial charge in [-0.2, -0.15) is 4.31 Å². The molecule has 1 unspecified atom stereocenters. The monoisotopic (exact) mass is 325 g/mol. The van der Waals surface area contributed by atoms with Crippen LogP contribution < -0.4 is 0 Å². The molecule has 1 atom stereocenters. The summed E-state index contributed by atoms with van der Waals surface area (Å²) in [7, 11) is -4.46. The Bertz CT molecular complexity index is 648. The average Bonchev–Trinajstić information content (AvgIpc) is 2.41. The number of hydrogen-bond acceptors (Lipinski definition) is 3. The second kappa shape index (κ2) is 6.44. The van der Waals surface area contributed by atoms with Gasteiger partial charge in [0.1, 0.15) is 4.90 Å². The largest absolute Gasteiger partial charge is 0.481 e. The SMILES string of the molecule is CCN(CC(C)C(=O)O)S(=O)(=O)c1ccc(F)c(F)c1F. The molecule has 0 fully saturated rings. The van der Waals surface area contributed by atoms with Crippen molar-refractivity contribution in [2.24, 2.45) is 5.92 Å².